The van der Waals surface area contributed by atoms with Gasteiger partial charge in [-0.05, 0) is 48.4 Å². The van der Waals surface area contributed by atoms with Crippen molar-refractivity contribution in [3.63, 3.8) is 0 Å². The minimum absolute atomic E-state index is 0.383. The quantitative estimate of drug-likeness (QED) is 0.504. The zero-order chi connectivity index (χ0) is 18.4. The van der Waals surface area contributed by atoms with Crippen molar-refractivity contribution in [1.82, 2.24) is 4.98 Å². The molecule has 0 spiro atoms. The number of rotatable bonds is 6. The Bertz CT molecular complexity index is 870. The molecule has 1 aromatic heterocycles. The van der Waals surface area contributed by atoms with Crippen LogP contribution in [0.25, 0.3) is 10.6 Å². The van der Waals surface area contributed by atoms with Crippen LogP contribution in [0.15, 0.2) is 58.9 Å². The third-order valence-electron chi connectivity index (χ3n) is 3.93. The largest absolute Gasteiger partial charge is 0.497 e. The molecule has 5 nitrogen and oxygen atoms in total. The molecule has 6 heteroatoms. The van der Waals surface area contributed by atoms with Crippen LogP contribution in [0.2, 0.25) is 0 Å². The maximum absolute atomic E-state index is 5.97. The van der Waals surface area contributed by atoms with E-state index in [1.165, 1.54) is 5.56 Å². The summed E-state index contributed by atoms with van der Waals surface area (Å²) in [5.41, 5.74) is 10.2. The smallest absolute Gasteiger partial charge is 0.193 e. The molecule has 3 aromatic rings. The van der Waals surface area contributed by atoms with Gasteiger partial charge < -0.3 is 15.8 Å². The highest BCUT2D eigenvalue weighted by Gasteiger charge is 2.05. The van der Waals surface area contributed by atoms with Gasteiger partial charge in [-0.1, -0.05) is 19.1 Å². The van der Waals surface area contributed by atoms with Gasteiger partial charge in [-0.15, -0.1) is 11.3 Å². The number of ether oxygens (including phenoxy) is 1. The van der Waals surface area contributed by atoms with Crippen LogP contribution in [0.1, 0.15) is 18.2 Å². The third-order valence-corrected chi connectivity index (χ3v) is 4.87. The van der Waals surface area contributed by atoms with Crippen molar-refractivity contribution in [3.8, 4) is 16.3 Å². The van der Waals surface area contributed by atoms with Gasteiger partial charge in [0.25, 0.3) is 0 Å². The summed E-state index contributed by atoms with van der Waals surface area (Å²) < 4.78 is 5.18. The van der Waals surface area contributed by atoms with Crippen molar-refractivity contribution in [2.45, 2.75) is 19.9 Å². The number of hydrogen-bond acceptors (Lipinski definition) is 4. The molecule has 0 unspecified atom stereocenters. The van der Waals surface area contributed by atoms with E-state index >= 15 is 0 Å². The van der Waals surface area contributed by atoms with E-state index in [0.29, 0.717) is 12.5 Å². The van der Waals surface area contributed by atoms with Gasteiger partial charge in [0, 0.05) is 16.6 Å². The Morgan fingerprint density at radius 2 is 1.88 bits per heavy atom. The number of guanidine groups is 1. The molecule has 0 saturated heterocycles. The fourth-order valence-electron chi connectivity index (χ4n) is 2.42. The number of benzene rings is 2. The summed E-state index contributed by atoms with van der Waals surface area (Å²) in [6.07, 6.45) is 1.02. The Balaban J connectivity index is 1.61. The maximum atomic E-state index is 5.97. The Labute approximate surface area is 157 Å². The SMILES string of the molecule is CCc1ccc(NC(N)=NCc2csc(-c3ccc(OC)cc3)n2)cc1. The minimum Gasteiger partial charge on any atom is -0.497 e. The molecule has 0 atom stereocenters. The lowest BCUT2D eigenvalue weighted by atomic mass is 10.1. The number of thiazole rings is 1. The number of nitrogens with one attached hydrogen (secondary N) is 1. The molecular formula is C20H22N4OS. The average Bonchev–Trinajstić information content (AvgIpc) is 3.16. The van der Waals surface area contributed by atoms with Crippen molar-refractivity contribution in [2.75, 3.05) is 12.4 Å². The summed E-state index contributed by atoms with van der Waals surface area (Å²) in [4.78, 5) is 9.00. The summed E-state index contributed by atoms with van der Waals surface area (Å²) in [5, 5.41) is 6.07. The molecule has 0 aliphatic rings. The zero-order valence-electron chi connectivity index (χ0n) is 14.9. The summed E-state index contributed by atoms with van der Waals surface area (Å²) in [6, 6.07) is 16.0. The number of aromatic nitrogens is 1. The van der Waals surface area contributed by atoms with Crippen LogP contribution in [0.3, 0.4) is 0 Å². The van der Waals surface area contributed by atoms with E-state index in [2.05, 4.69) is 34.3 Å². The lowest BCUT2D eigenvalue weighted by Crippen LogP contribution is -2.22. The van der Waals surface area contributed by atoms with Gasteiger partial charge >= 0.3 is 0 Å². The second-order valence-corrected chi connectivity index (χ2v) is 6.61. The molecular weight excluding hydrogens is 344 g/mol. The topological polar surface area (TPSA) is 72.5 Å². The van der Waals surface area contributed by atoms with E-state index in [0.717, 1.165) is 34.1 Å². The Hall–Kier alpha value is -2.86. The summed E-state index contributed by atoms with van der Waals surface area (Å²) >= 11 is 1.59. The number of nitrogens with two attached hydrogens (primary N) is 1. The van der Waals surface area contributed by atoms with E-state index in [9.17, 15) is 0 Å². The standard InChI is InChI=1S/C20H22N4OS/c1-3-14-4-8-16(9-5-14)24-20(21)22-12-17-13-26-19(23-17)15-6-10-18(25-2)11-7-15/h4-11,13H,3,12H2,1-2H3,(H3,21,22,24). The number of aryl methyl sites for hydroxylation is 1. The van der Waals surface area contributed by atoms with Gasteiger partial charge in [-0.25, -0.2) is 9.98 Å². The molecule has 0 aliphatic heterocycles. The number of methoxy groups -OCH3 is 1. The number of anilines is 1. The Kier molecular flexibility index (Phi) is 5.86. The normalized spacial score (nSPS) is 11.4. The van der Waals surface area contributed by atoms with E-state index in [4.69, 9.17) is 10.5 Å². The highest BCUT2D eigenvalue weighted by Crippen LogP contribution is 2.25. The molecule has 0 aliphatic carbocycles. The first-order valence-electron chi connectivity index (χ1n) is 8.42. The third kappa shape index (κ3) is 4.61. The van der Waals surface area contributed by atoms with Crippen LogP contribution in [0.5, 0.6) is 5.75 Å². The van der Waals surface area contributed by atoms with E-state index in [1.807, 2.05) is 41.8 Å². The lowest BCUT2D eigenvalue weighted by Gasteiger charge is -2.06. The molecule has 0 fully saturated rings. The van der Waals surface area contributed by atoms with Gasteiger partial charge in [-0.3, -0.25) is 0 Å². The van der Waals surface area contributed by atoms with Gasteiger partial charge in [-0.2, -0.15) is 0 Å². The maximum Gasteiger partial charge on any atom is 0.193 e. The van der Waals surface area contributed by atoms with Crippen molar-refractivity contribution < 1.29 is 4.74 Å². The molecule has 0 bridgehead atoms. The first-order chi connectivity index (χ1) is 12.7. The zero-order valence-corrected chi connectivity index (χ0v) is 15.7. The van der Waals surface area contributed by atoms with Crippen LogP contribution >= 0.6 is 11.3 Å². The van der Waals surface area contributed by atoms with Crippen LogP contribution in [-0.2, 0) is 13.0 Å². The molecule has 3 N–H and O–H groups in total. The second-order valence-electron chi connectivity index (χ2n) is 5.75. The van der Waals surface area contributed by atoms with Crippen LogP contribution in [-0.4, -0.2) is 18.1 Å². The Morgan fingerprint density at radius 3 is 2.54 bits per heavy atom. The van der Waals surface area contributed by atoms with Gasteiger partial charge in [0.15, 0.2) is 5.96 Å². The first-order valence-corrected chi connectivity index (χ1v) is 9.30. The number of hydrogen-bond donors (Lipinski definition) is 2. The number of nitrogens with zero attached hydrogens (tertiary/aromatic N) is 2. The van der Waals surface area contributed by atoms with Crippen LogP contribution in [0, 0.1) is 0 Å². The second kappa shape index (κ2) is 8.49. The molecule has 0 radical (unpaired) electrons. The van der Waals surface area contributed by atoms with E-state index in [-0.39, 0.29) is 0 Å². The van der Waals surface area contributed by atoms with E-state index in [1.54, 1.807) is 18.4 Å². The Morgan fingerprint density at radius 1 is 1.15 bits per heavy atom. The fourth-order valence-corrected chi connectivity index (χ4v) is 3.24. The molecule has 134 valence electrons. The summed E-state index contributed by atoms with van der Waals surface area (Å²) in [6.45, 7) is 2.57. The monoisotopic (exact) mass is 366 g/mol. The first kappa shape index (κ1) is 17.9. The molecule has 0 saturated carbocycles. The molecule has 1 heterocycles. The van der Waals surface area contributed by atoms with Crippen molar-refractivity contribution in [1.29, 1.82) is 0 Å². The highest BCUT2D eigenvalue weighted by atomic mass is 32.1. The van der Waals surface area contributed by atoms with Gasteiger partial charge in [0.1, 0.15) is 10.8 Å². The molecule has 0 amide bonds. The van der Waals surface area contributed by atoms with Gasteiger partial charge in [0.05, 0.1) is 19.3 Å². The predicted octanol–water partition coefficient (Wildman–Crippen LogP) is 4.31. The summed E-state index contributed by atoms with van der Waals surface area (Å²) in [7, 11) is 1.66. The number of aliphatic imine (C=N–C) groups is 1. The molecule has 3 rings (SSSR count). The average molecular weight is 366 g/mol. The van der Waals surface area contributed by atoms with Crippen molar-refractivity contribution in [2.24, 2.45) is 10.7 Å². The van der Waals surface area contributed by atoms with Crippen molar-refractivity contribution in [3.05, 3.63) is 65.2 Å². The van der Waals surface area contributed by atoms with Crippen molar-refractivity contribution >= 4 is 23.0 Å². The van der Waals surface area contributed by atoms with Crippen LogP contribution in [0.4, 0.5) is 5.69 Å². The highest BCUT2D eigenvalue weighted by molar-refractivity contribution is 7.13. The van der Waals surface area contributed by atoms with Crippen LogP contribution < -0.4 is 15.8 Å². The molecule has 26 heavy (non-hydrogen) atoms. The lowest BCUT2D eigenvalue weighted by molar-refractivity contribution is 0.415. The molecule has 2 aromatic carbocycles. The summed E-state index contributed by atoms with van der Waals surface area (Å²) in [5.74, 6) is 1.22. The predicted molar refractivity (Wildman–Crippen MR) is 109 cm³/mol. The van der Waals surface area contributed by atoms with E-state index < -0.39 is 0 Å². The minimum atomic E-state index is 0.383. The van der Waals surface area contributed by atoms with Gasteiger partial charge in [0.2, 0.25) is 0 Å². The fraction of sp³-hybridized carbons (Fsp3) is 0.200.